The Morgan fingerprint density at radius 1 is 1.00 bits per heavy atom. The Balaban J connectivity index is 0.000000396. The van der Waals surface area contributed by atoms with Crippen LogP contribution in [0.5, 0.6) is 0 Å². The molecule has 76 valence electrons. The van der Waals surface area contributed by atoms with Crippen molar-refractivity contribution in [3.05, 3.63) is 0 Å². The summed E-state index contributed by atoms with van der Waals surface area (Å²) in [6.45, 7) is 4.00. The van der Waals surface area contributed by atoms with Gasteiger partial charge in [0.05, 0.1) is 0 Å². The highest BCUT2D eigenvalue weighted by molar-refractivity contribution is 5.54. The van der Waals surface area contributed by atoms with E-state index in [0.29, 0.717) is 5.92 Å². The van der Waals surface area contributed by atoms with Gasteiger partial charge >= 0.3 is 0 Å². The molecular formula is C12H22O. The van der Waals surface area contributed by atoms with E-state index in [1.165, 1.54) is 44.8 Å². The van der Waals surface area contributed by atoms with Crippen LogP contribution in [-0.2, 0) is 4.79 Å². The second kappa shape index (κ2) is 5.41. The fraction of sp³-hybridized carbons (Fsp3) is 0.917. The summed E-state index contributed by atoms with van der Waals surface area (Å²) in [4.78, 5) is 10.6. The summed E-state index contributed by atoms with van der Waals surface area (Å²) in [6, 6.07) is 0. The molecule has 0 saturated heterocycles. The van der Waals surface area contributed by atoms with Crippen molar-refractivity contribution in [1.29, 1.82) is 0 Å². The fourth-order valence-corrected chi connectivity index (χ4v) is 2.89. The molecule has 13 heavy (non-hydrogen) atoms. The fourth-order valence-electron chi connectivity index (χ4n) is 2.89. The molecule has 0 bridgehead atoms. The lowest BCUT2D eigenvalue weighted by molar-refractivity contribution is -0.111. The highest BCUT2D eigenvalue weighted by Crippen LogP contribution is 2.44. The zero-order chi connectivity index (χ0) is 9.68. The van der Waals surface area contributed by atoms with Crippen LogP contribution in [0.2, 0.25) is 0 Å². The van der Waals surface area contributed by atoms with Crippen molar-refractivity contribution >= 4 is 6.29 Å². The number of hydrogen-bond donors (Lipinski definition) is 0. The van der Waals surface area contributed by atoms with Gasteiger partial charge in [0.1, 0.15) is 6.29 Å². The Kier molecular flexibility index (Phi) is 4.47. The van der Waals surface area contributed by atoms with Gasteiger partial charge in [-0.05, 0) is 24.7 Å². The second-order valence-corrected chi connectivity index (χ2v) is 4.17. The maximum Gasteiger partial charge on any atom is 0.123 e. The minimum atomic E-state index is 0.420. The summed E-state index contributed by atoms with van der Waals surface area (Å²) in [5, 5.41) is 0. The number of carbonyl (C=O) groups is 1. The zero-order valence-electron chi connectivity index (χ0n) is 8.96. The molecule has 2 rings (SSSR count). The van der Waals surface area contributed by atoms with Crippen LogP contribution in [0.15, 0.2) is 0 Å². The predicted molar refractivity (Wildman–Crippen MR) is 55.6 cm³/mol. The lowest BCUT2D eigenvalue weighted by atomic mass is 9.82. The highest BCUT2D eigenvalue weighted by Gasteiger charge is 2.34. The summed E-state index contributed by atoms with van der Waals surface area (Å²) in [5.41, 5.74) is 0. The van der Waals surface area contributed by atoms with Gasteiger partial charge in [-0.2, -0.15) is 0 Å². The SMILES string of the molecule is CC.O=CC1CC2CCCCC2C1. The molecule has 2 atom stereocenters. The van der Waals surface area contributed by atoms with E-state index < -0.39 is 0 Å². The second-order valence-electron chi connectivity index (χ2n) is 4.17. The molecule has 0 spiro atoms. The van der Waals surface area contributed by atoms with Gasteiger partial charge in [-0.1, -0.05) is 39.5 Å². The van der Waals surface area contributed by atoms with E-state index in [9.17, 15) is 4.79 Å². The van der Waals surface area contributed by atoms with E-state index in [2.05, 4.69) is 0 Å². The molecule has 1 heteroatoms. The molecule has 2 aliphatic carbocycles. The standard InChI is InChI=1S/C10H16O.C2H6/c11-7-8-5-9-3-1-2-4-10(9)6-8;1-2/h7-10H,1-6H2;1-2H3. The third-order valence-electron chi connectivity index (χ3n) is 3.47. The van der Waals surface area contributed by atoms with Crippen LogP contribution in [0.4, 0.5) is 0 Å². The van der Waals surface area contributed by atoms with E-state index in [1.54, 1.807) is 0 Å². The molecule has 0 aromatic heterocycles. The Labute approximate surface area is 81.9 Å². The molecule has 2 saturated carbocycles. The van der Waals surface area contributed by atoms with Crippen LogP contribution < -0.4 is 0 Å². The molecule has 0 radical (unpaired) electrons. The largest absolute Gasteiger partial charge is 0.303 e. The van der Waals surface area contributed by atoms with Crippen molar-refractivity contribution in [3.63, 3.8) is 0 Å². The monoisotopic (exact) mass is 182 g/mol. The van der Waals surface area contributed by atoms with Crippen LogP contribution in [0.3, 0.4) is 0 Å². The van der Waals surface area contributed by atoms with Crippen molar-refractivity contribution in [1.82, 2.24) is 0 Å². The minimum Gasteiger partial charge on any atom is -0.303 e. The number of aldehydes is 1. The molecule has 0 aromatic carbocycles. The molecule has 0 heterocycles. The molecule has 0 aromatic rings. The highest BCUT2D eigenvalue weighted by atomic mass is 16.1. The Morgan fingerprint density at radius 3 is 1.85 bits per heavy atom. The van der Waals surface area contributed by atoms with E-state index in [-0.39, 0.29) is 0 Å². The van der Waals surface area contributed by atoms with Crippen molar-refractivity contribution < 1.29 is 4.79 Å². The maximum absolute atomic E-state index is 10.6. The number of carbonyl (C=O) groups excluding carboxylic acids is 1. The summed E-state index contributed by atoms with van der Waals surface area (Å²) < 4.78 is 0. The first-order valence-corrected chi connectivity index (χ1v) is 5.85. The first-order valence-electron chi connectivity index (χ1n) is 5.85. The van der Waals surface area contributed by atoms with Gasteiger partial charge in [0.15, 0.2) is 0 Å². The van der Waals surface area contributed by atoms with Gasteiger partial charge in [0, 0.05) is 5.92 Å². The number of fused-ring (bicyclic) bond motifs is 1. The van der Waals surface area contributed by atoms with Gasteiger partial charge in [0.25, 0.3) is 0 Å². The van der Waals surface area contributed by atoms with Crippen molar-refractivity contribution in [2.75, 3.05) is 0 Å². The van der Waals surface area contributed by atoms with Crippen molar-refractivity contribution in [3.8, 4) is 0 Å². The maximum atomic E-state index is 10.6. The van der Waals surface area contributed by atoms with Crippen LogP contribution in [0.1, 0.15) is 52.4 Å². The number of hydrogen-bond acceptors (Lipinski definition) is 1. The molecule has 0 N–H and O–H groups in total. The summed E-state index contributed by atoms with van der Waals surface area (Å²) >= 11 is 0. The third-order valence-corrected chi connectivity index (χ3v) is 3.47. The van der Waals surface area contributed by atoms with Crippen molar-refractivity contribution in [2.24, 2.45) is 17.8 Å². The molecule has 0 amide bonds. The molecule has 2 aliphatic rings. The lowest BCUT2D eigenvalue weighted by Crippen LogP contribution is -2.12. The summed E-state index contributed by atoms with van der Waals surface area (Å²) in [5.74, 6) is 2.25. The van der Waals surface area contributed by atoms with E-state index in [4.69, 9.17) is 0 Å². The average Bonchev–Trinajstić information content (AvgIpc) is 2.63. The molecule has 2 unspecified atom stereocenters. The van der Waals surface area contributed by atoms with Crippen LogP contribution in [-0.4, -0.2) is 6.29 Å². The van der Waals surface area contributed by atoms with E-state index >= 15 is 0 Å². The third kappa shape index (κ3) is 2.55. The molecule has 1 nitrogen and oxygen atoms in total. The van der Waals surface area contributed by atoms with Gasteiger partial charge in [-0.15, -0.1) is 0 Å². The van der Waals surface area contributed by atoms with Crippen LogP contribution >= 0.6 is 0 Å². The summed E-state index contributed by atoms with van der Waals surface area (Å²) in [6.07, 6.45) is 9.20. The smallest absolute Gasteiger partial charge is 0.123 e. The Bertz CT molecular complexity index is 139. The topological polar surface area (TPSA) is 17.1 Å². The van der Waals surface area contributed by atoms with Gasteiger partial charge in [-0.25, -0.2) is 0 Å². The normalized spacial score (nSPS) is 37.2. The first kappa shape index (κ1) is 10.7. The minimum absolute atomic E-state index is 0.420. The lowest BCUT2D eigenvalue weighted by Gasteiger charge is -2.24. The van der Waals surface area contributed by atoms with Gasteiger partial charge < -0.3 is 4.79 Å². The van der Waals surface area contributed by atoms with Gasteiger partial charge in [-0.3, -0.25) is 0 Å². The van der Waals surface area contributed by atoms with Crippen molar-refractivity contribution in [2.45, 2.75) is 52.4 Å². The van der Waals surface area contributed by atoms with Crippen LogP contribution in [0.25, 0.3) is 0 Å². The molecule has 0 aliphatic heterocycles. The van der Waals surface area contributed by atoms with Crippen LogP contribution in [0, 0.1) is 17.8 Å². The summed E-state index contributed by atoms with van der Waals surface area (Å²) in [7, 11) is 0. The first-order chi connectivity index (χ1) is 6.40. The molecule has 2 fully saturated rings. The van der Waals surface area contributed by atoms with E-state index in [1.807, 2.05) is 13.8 Å². The van der Waals surface area contributed by atoms with Gasteiger partial charge in [0.2, 0.25) is 0 Å². The predicted octanol–water partition coefficient (Wildman–Crippen LogP) is 3.43. The Morgan fingerprint density at radius 2 is 1.46 bits per heavy atom. The number of rotatable bonds is 1. The van der Waals surface area contributed by atoms with E-state index in [0.717, 1.165) is 11.8 Å². The average molecular weight is 182 g/mol. The molecular weight excluding hydrogens is 160 g/mol. The quantitative estimate of drug-likeness (QED) is 0.568. The Hall–Kier alpha value is -0.330. The zero-order valence-corrected chi connectivity index (χ0v) is 8.96.